The van der Waals surface area contributed by atoms with Crippen molar-refractivity contribution in [2.45, 2.75) is 49.3 Å². The summed E-state index contributed by atoms with van der Waals surface area (Å²) >= 11 is 1.73. The molecule has 2 aromatic rings. The smallest absolute Gasteiger partial charge is 0.247 e. The Morgan fingerprint density at radius 1 is 1.26 bits per heavy atom. The van der Waals surface area contributed by atoms with Crippen molar-refractivity contribution >= 4 is 29.3 Å². The van der Waals surface area contributed by atoms with Crippen LogP contribution in [0.4, 0.5) is 5.69 Å². The summed E-state index contributed by atoms with van der Waals surface area (Å²) in [5.74, 6) is 0.848. The van der Waals surface area contributed by atoms with Crippen LogP contribution in [0.5, 0.6) is 0 Å². The number of hydrogen-bond donors (Lipinski definition) is 1. The molecule has 142 valence electrons. The third kappa shape index (κ3) is 5.32. The molecule has 2 heterocycles. The summed E-state index contributed by atoms with van der Waals surface area (Å²) in [5, 5.41) is 2.96. The van der Waals surface area contributed by atoms with E-state index in [-0.39, 0.29) is 17.9 Å². The van der Waals surface area contributed by atoms with E-state index in [1.54, 1.807) is 22.9 Å². The topological polar surface area (TPSA) is 62.3 Å². The second-order valence-electron chi connectivity index (χ2n) is 6.66. The third-order valence-corrected chi connectivity index (χ3v) is 5.67. The highest BCUT2D eigenvalue weighted by Crippen LogP contribution is 2.25. The molecule has 6 heteroatoms. The Balaban J connectivity index is 1.54. The zero-order valence-electron chi connectivity index (χ0n) is 15.6. The van der Waals surface area contributed by atoms with Crippen molar-refractivity contribution in [3.05, 3.63) is 54.4 Å². The van der Waals surface area contributed by atoms with Crippen LogP contribution in [0.1, 0.15) is 38.2 Å². The maximum absolute atomic E-state index is 12.6. The zero-order chi connectivity index (χ0) is 19.1. The molecule has 1 unspecified atom stereocenters. The SMILES string of the molecule is CCCC(=O)N1CCCC1C(=O)Nc1ccc(SCc2cccnc2)cc1. The number of carbonyl (C=O) groups excluding carboxylic acids is 2. The standard InChI is InChI=1S/C21H25N3O2S/c1-2-5-20(25)24-13-4-7-19(24)21(26)23-17-8-10-18(11-9-17)27-15-16-6-3-12-22-14-16/h3,6,8-12,14,19H,2,4-5,7,13,15H2,1H3,(H,23,26). The lowest BCUT2D eigenvalue weighted by atomic mass is 10.2. The largest absolute Gasteiger partial charge is 0.331 e. The molecule has 1 aromatic carbocycles. The van der Waals surface area contributed by atoms with E-state index in [9.17, 15) is 9.59 Å². The van der Waals surface area contributed by atoms with E-state index < -0.39 is 0 Å². The fourth-order valence-corrected chi connectivity index (χ4v) is 4.04. The van der Waals surface area contributed by atoms with Crippen LogP contribution in [0.25, 0.3) is 0 Å². The highest BCUT2D eigenvalue weighted by molar-refractivity contribution is 7.98. The molecular weight excluding hydrogens is 358 g/mol. The first-order valence-corrected chi connectivity index (χ1v) is 10.4. The van der Waals surface area contributed by atoms with Crippen LogP contribution in [0, 0.1) is 0 Å². The summed E-state index contributed by atoms with van der Waals surface area (Å²) in [5.41, 5.74) is 1.94. The average Bonchev–Trinajstić information content (AvgIpc) is 3.19. The van der Waals surface area contributed by atoms with Crippen molar-refractivity contribution in [2.75, 3.05) is 11.9 Å². The van der Waals surface area contributed by atoms with E-state index in [1.165, 1.54) is 5.56 Å². The van der Waals surface area contributed by atoms with Crippen LogP contribution in [0.2, 0.25) is 0 Å². The normalized spacial score (nSPS) is 16.3. The van der Waals surface area contributed by atoms with Gasteiger partial charge in [-0.25, -0.2) is 0 Å². The van der Waals surface area contributed by atoms with E-state index in [1.807, 2.05) is 43.5 Å². The number of amides is 2. The van der Waals surface area contributed by atoms with Gasteiger partial charge in [-0.2, -0.15) is 0 Å². The highest BCUT2D eigenvalue weighted by atomic mass is 32.2. The van der Waals surface area contributed by atoms with Gasteiger partial charge in [0.25, 0.3) is 0 Å². The molecule has 0 spiro atoms. The summed E-state index contributed by atoms with van der Waals surface area (Å²) in [6.45, 7) is 2.66. The lowest BCUT2D eigenvalue weighted by Crippen LogP contribution is -2.43. The molecule has 1 N–H and O–H groups in total. The van der Waals surface area contributed by atoms with Crippen molar-refractivity contribution in [1.29, 1.82) is 0 Å². The van der Waals surface area contributed by atoms with E-state index in [2.05, 4.69) is 16.4 Å². The number of nitrogens with zero attached hydrogens (tertiary/aromatic N) is 2. The molecule has 1 atom stereocenters. The minimum atomic E-state index is -0.344. The first-order chi connectivity index (χ1) is 13.2. The van der Waals surface area contributed by atoms with Gasteiger partial charge in [-0.05, 0) is 55.2 Å². The van der Waals surface area contributed by atoms with Crippen LogP contribution in [0.3, 0.4) is 0 Å². The maximum Gasteiger partial charge on any atom is 0.247 e. The molecule has 1 aromatic heterocycles. The van der Waals surface area contributed by atoms with Crippen molar-refractivity contribution in [1.82, 2.24) is 9.88 Å². The van der Waals surface area contributed by atoms with Crippen molar-refractivity contribution in [3.63, 3.8) is 0 Å². The number of thioether (sulfide) groups is 1. The van der Waals surface area contributed by atoms with Gasteiger partial charge in [0.2, 0.25) is 11.8 Å². The van der Waals surface area contributed by atoms with E-state index >= 15 is 0 Å². The van der Waals surface area contributed by atoms with Gasteiger partial charge in [-0.15, -0.1) is 11.8 Å². The number of nitrogens with one attached hydrogen (secondary N) is 1. The molecule has 5 nitrogen and oxygen atoms in total. The highest BCUT2D eigenvalue weighted by Gasteiger charge is 2.33. The van der Waals surface area contributed by atoms with Gasteiger partial charge in [0.05, 0.1) is 0 Å². The summed E-state index contributed by atoms with van der Waals surface area (Å²) in [7, 11) is 0. The van der Waals surface area contributed by atoms with Gasteiger partial charge in [0.1, 0.15) is 6.04 Å². The second kappa shape index (κ2) is 9.55. The Labute approximate surface area is 164 Å². The number of anilines is 1. The van der Waals surface area contributed by atoms with Gasteiger partial charge in [-0.1, -0.05) is 13.0 Å². The number of pyridine rings is 1. The monoisotopic (exact) mass is 383 g/mol. The Bertz CT molecular complexity index is 765. The number of rotatable bonds is 7. The van der Waals surface area contributed by atoms with E-state index in [0.29, 0.717) is 13.0 Å². The number of hydrogen-bond acceptors (Lipinski definition) is 4. The molecule has 1 aliphatic rings. The number of likely N-dealkylation sites (tertiary alicyclic amines) is 1. The van der Waals surface area contributed by atoms with Crippen LogP contribution >= 0.6 is 11.8 Å². The predicted molar refractivity (Wildman–Crippen MR) is 109 cm³/mol. The second-order valence-corrected chi connectivity index (χ2v) is 7.71. The quantitative estimate of drug-likeness (QED) is 0.731. The average molecular weight is 384 g/mol. The van der Waals surface area contributed by atoms with Gasteiger partial charge in [0.15, 0.2) is 0 Å². The molecule has 1 fully saturated rings. The molecule has 0 radical (unpaired) electrons. The minimum absolute atomic E-state index is 0.0808. The zero-order valence-corrected chi connectivity index (χ0v) is 16.4. The summed E-state index contributed by atoms with van der Waals surface area (Å²) < 4.78 is 0. The van der Waals surface area contributed by atoms with Crippen LogP contribution in [-0.4, -0.2) is 34.3 Å². The summed E-state index contributed by atoms with van der Waals surface area (Å²) in [6.07, 6.45) is 6.58. The van der Waals surface area contributed by atoms with Crippen LogP contribution in [0.15, 0.2) is 53.7 Å². The van der Waals surface area contributed by atoms with E-state index in [0.717, 1.165) is 35.6 Å². The molecule has 0 saturated carbocycles. The molecule has 3 rings (SSSR count). The Morgan fingerprint density at radius 3 is 2.78 bits per heavy atom. The predicted octanol–water partition coefficient (Wildman–Crippen LogP) is 4.10. The van der Waals surface area contributed by atoms with E-state index in [4.69, 9.17) is 0 Å². The number of aromatic nitrogens is 1. The first kappa shape index (κ1) is 19.4. The lowest BCUT2D eigenvalue weighted by molar-refractivity contribution is -0.136. The lowest BCUT2D eigenvalue weighted by Gasteiger charge is -2.24. The maximum atomic E-state index is 12.6. The molecule has 27 heavy (non-hydrogen) atoms. The van der Waals surface area contributed by atoms with Crippen LogP contribution < -0.4 is 5.32 Å². The fraction of sp³-hybridized carbons (Fsp3) is 0.381. The first-order valence-electron chi connectivity index (χ1n) is 9.39. The summed E-state index contributed by atoms with van der Waals surface area (Å²) in [6, 6.07) is 11.5. The Morgan fingerprint density at radius 2 is 2.07 bits per heavy atom. The number of benzene rings is 1. The molecule has 1 aliphatic heterocycles. The third-order valence-electron chi connectivity index (χ3n) is 4.59. The molecule has 1 saturated heterocycles. The Hall–Kier alpha value is -2.34. The van der Waals surface area contributed by atoms with Gasteiger partial charge < -0.3 is 10.2 Å². The molecule has 0 bridgehead atoms. The molecular formula is C21H25N3O2S. The van der Waals surface area contributed by atoms with Gasteiger partial charge in [0, 0.05) is 41.7 Å². The fourth-order valence-electron chi connectivity index (χ4n) is 3.21. The molecule has 0 aliphatic carbocycles. The van der Waals surface area contributed by atoms with Crippen LogP contribution in [-0.2, 0) is 15.3 Å². The van der Waals surface area contributed by atoms with Crippen molar-refractivity contribution in [2.24, 2.45) is 0 Å². The number of carbonyl (C=O) groups is 2. The molecule has 2 amide bonds. The van der Waals surface area contributed by atoms with Crippen molar-refractivity contribution in [3.8, 4) is 0 Å². The van der Waals surface area contributed by atoms with Crippen molar-refractivity contribution < 1.29 is 9.59 Å². The van der Waals surface area contributed by atoms with Gasteiger partial charge >= 0.3 is 0 Å². The summed E-state index contributed by atoms with van der Waals surface area (Å²) in [4.78, 5) is 31.8. The van der Waals surface area contributed by atoms with Gasteiger partial charge in [-0.3, -0.25) is 14.6 Å². The Kier molecular flexibility index (Phi) is 6.87. The minimum Gasteiger partial charge on any atom is -0.331 e.